The molecule has 1 aliphatic heterocycles. The van der Waals surface area contributed by atoms with Crippen LogP contribution >= 0.6 is 15.9 Å². The number of hydrogen-bond donors (Lipinski definition) is 1. The van der Waals surface area contributed by atoms with Gasteiger partial charge in [-0.3, -0.25) is 9.13 Å². The first-order chi connectivity index (χ1) is 8.68. The molecule has 0 aliphatic carbocycles. The molecule has 2 aromatic rings. The first-order valence-corrected chi connectivity index (χ1v) is 7.05. The maximum Gasteiger partial charge on any atom is 0.329 e. The van der Waals surface area contributed by atoms with Crippen molar-refractivity contribution in [3.63, 3.8) is 0 Å². The first kappa shape index (κ1) is 12.0. The van der Waals surface area contributed by atoms with Gasteiger partial charge in [0.05, 0.1) is 11.0 Å². The highest BCUT2D eigenvalue weighted by molar-refractivity contribution is 9.10. The lowest BCUT2D eigenvalue weighted by Gasteiger charge is -2.23. The molecule has 3 rings (SSSR count). The van der Waals surface area contributed by atoms with E-state index < -0.39 is 0 Å². The Morgan fingerprint density at radius 2 is 2.00 bits per heavy atom. The standard InChI is InChI=1S/C13H16BrN3O/c1-16-12-8-9(14)2-3-11(12)17(13(16)18)10-4-6-15-7-5-10/h2-3,8,10,15H,4-7H2,1H3. The molecule has 1 fully saturated rings. The van der Waals surface area contributed by atoms with Gasteiger partial charge in [-0.15, -0.1) is 0 Å². The first-order valence-electron chi connectivity index (χ1n) is 6.25. The second-order valence-corrected chi connectivity index (χ2v) is 5.74. The Bertz CT molecular complexity index is 637. The summed E-state index contributed by atoms with van der Waals surface area (Å²) in [5.74, 6) is 0. The Hall–Kier alpha value is -1.07. The normalized spacial score (nSPS) is 17.4. The fraction of sp³-hybridized carbons (Fsp3) is 0.462. The number of benzene rings is 1. The summed E-state index contributed by atoms with van der Waals surface area (Å²) < 4.78 is 4.71. The summed E-state index contributed by atoms with van der Waals surface area (Å²) in [7, 11) is 1.84. The van der Waals surface area contributed by atoms with E-state index in [0.29, 0.717) is 6.04 Å². The van der Waals surface area contributed by atoms with Crippen molar-refractivity contribution in [1.29, 1.82) is 0 Å². The number of imidazole rings is 1. The van der Waals surface area contributed by atoms with Crippen LogP contribution in [-0.2, 0) is 7.05 Å². The summed E-state index contributed by atoms with van der Waals surface area (Å²) in [6.45, 7) is 1.98. The Labute approximate surface area is 114 Å². The van der Waals surface area contributed by atoms with Crippen LogP contribution < -0.4 is 11.0 Å². The van der Waals surface area contributed by atoms with E-state index in [4.69, 9.17) is 0 Å². The molecule has 1 aromatic heterocycles. The Balaban J connectivity index is 2.22. The smallest absolute Gasteiger partial charge is 0.317 e. The lowest BCUT2D eigenvalue weighted by atomic mass is 10.1. The highest BCUT2D eigenvalue weighted by Gasteiger charge is 2.21. The van der Waals surface area contributed by atoms with E-state index in [0.717, 1.165) is 41.4 Å². The second-order valence-electron chi connectivity index (χ2n) is 4.83. The van der Waals surface area contributed by atoms with Crippen LogP contribution in [0.15, 0.2) is 27.5 Å². The van der Waals surface area contributed by atoms with Crippen molar-refractivity contribution in [2.24, 2.45) is 7.05 Å². The van der Waals surface area contributed by atoms with E-state index in [9.17, 15) is 4.79 Å². The monoisotopic (exact) mass is 309 g/mol. The third-order valence-electron chi connectivity index (χ3n) is 3.73. The van der Waals surface area contributed by atoms with E-state index in [1.807, 2.05) is 29.8 Å². The summed E-state index contributed by atoms with van der Waals surface area (Å²) in [6.07, 6.45) is 2.05. The Morgan fingerprint density at radius 3 is 2.72 bits per heavy atom. The maximum atomic E-state index is 12.4. The molecule has 5 heteroatoms. The van der Waals surface area contributed by atoms with E-state index in [2.05, 4.69) is 21.2 Å². The van der Waals surface area contributed by atoms with Crippen molar-refractivity contribution >= 4 is 27.0 Å². The van der Waals surface area contributed by atoms with Gasteiger partial charge in [-0.1, -0.05) is 15.9 Å². The highest BCUT2D eigenvalue weighted by atomic mass is 79.9. The van der Waals surface area contributed by atoms with Crippen LogP contribution in [0.4, 0.5) is 0 Å². The zero-order valence-electron chi connectivity index (χ0n) is 10.3. The van der Waals surface area contributed by atoms with Gasteiger partial charge in [0.25, 0.3) is 0 Å². The van der Waals surface area contributed by atoms with Crippen molar-refractivity contribution in [2.45, 2.75) is 18.9 Å². The number of nitrogens with one attached hydrogen (secondary N) is 1. The van der Waals surface area contributed by atoms with Crippen molar-refractivity contribution in [1.82, 2.24) is 14.5 Å². The molecule has 0 amide bonds. The van der Waals surface area contributed by atoms with E-state index in [1.165, 1.54) is 0 Å². The molecule has 1 N–H and O–H groups in total. The van der Waals surface area contributed by atoms with Crippen LogP contribution in [0.3, 0.4) is 0 Å². The molecule has 1 aliphatic rings. The van der Waals surface area contributed by atoms with Crippen LogP contribution in [0, 0.1) is 0 Å². The quantitative estimate of drug-likeness (QED) is 0.875. The molecule has 1 aromatic carbocycles. The third-order valence-corrected chi connectivity index (χ3v) is 4.22. The Kier molecular flexibility index (Phi) is 3.03. The zero-order chi connectivity index (χ0) is 12.7. The fourth-order valence-electron chi connectivity index (χ4n) is 2.75. The molecule has 96 valence electrons. The number of piperidine rings is 1. The summed E-state index contributed by atoms with van der Waals surface area (Å²) in [4.78, 5) is 12.4. The van der Waals surface area contributed by atoms with Gasteiger partial charge in [0.1, 0.15) is 0 Å². The van der Waals surface area contributed by atoms with Crippen molar-refractivity contribution in [3.05, 3.63) is 33.2 Å². The average molecular weight is 310 g/mol. The van der Waals surface area contributed by atoms with Crippen molar-refractivity contribution < 1.29 is 0 Å². The number of aryl methyl sites for hydroxylation is 1. The van der Waals surface area contributed by atoms with Crippen LogP contribution in [0.2, 0.25) is 0 Å². The zero-order valence-corrected chi connectivity index (χ0v) is 11.9. The molecule has 0 bridgehead atoms. The van der Waals surface area contributed by atoms with Gasteiger partial charge < -0.3 is 5.32 Å². The average Bonchev–Trinajstić information content (AvgIpc) is 2.64. The molecule has 18 heavy (non-hydrogen) atoms. The topological polar surface area (TPSA) is 39.0 Å². The van der Waals surface area contributed by atoms with Gasteiger partial charge in [-0.2, -0.15) is 0 Å². The van der Waals surface area contributed by atoms with Crippen LogP contribution in [0.1, 0.15) is 18.9 Å². The van der Waals surface area contributed by atoms with Gasteiger partial charge in [0.15, 0.2) is 0 Å². The van der Waals surface area contributed by atoms with E-state index >= 15 is 0 Å². The number of hydrogen-bond acceptors (Lipinski definition) is 2. The minimum absolute atomic E-state index is 0.0926. The van der Waals surface area contributed by atoms with E-state index in [1.54, 1.807) is 4.57 Å². The lowest BCUT2D eigenvalue weighted by molar-refractivity contribution is 0.366. The highest BCUT2D eigenvalue weighted by Crippen LogP contribution is 2.24. The van der Waals surface area contributed by atoms with Crippen LogP contribution in [0.5, 0.6) is 0 Å². The van der Waals surface area contributed by atoms with Gasteiger partial charge in [0, 0.05) is 17.6 Å². The minimum Gasteiger partial charge on any atom is -0.317 e. The lowest BCUT2D eigenvalue weighted by Crippen LogP contribution is -2.34. The predicted molar refractivity (Wildman–Crippen MR) is 76.0 cm³/mol. The SMILES string of the molecule is Cn1c(=O)n(C2CCNCC2)c2ccc(Br)cc21. The summed E-state index contributed by atoms with van der Waals surface area (Å²) in [5.41, 5.74) is 2.13. The number of fused-ring (bicyclic) bond motifs is 1. The minimum atomic E-state index is 0.0926. The van der Waals surface area contributed by atoms with Crippen LogP contribution in [0.25, 0.3) is 11.0 Å². The van der Waals surface area contributed by atoms with Crippen molar-refractivity contribution in [3.8, 4) is 0 Å². The van der Waals surface area contributed by atoms with E-state index in [-0.39, 0.29) is 5.69 Å². The fourth-order valence-corrected chi connectivity index (χ4v) is 3.10. The largest absolute Gasteiger partial charge is 0.329 e. The molecule has 0 saturated carbocycles. The molecule has 2 heterocycles. The maximum absolute atomic E-state index is 12.4. The number of nitrogens with zero attached hydrogens (tertiary/aromatic N) is 2. The molecule has 0 unspecified atom stereocenters. The molecular weight excluding hydrogens is 294 g/mol. The summed E-state index contributed by atoms with van der Waals surface area (Å²) >= 11 is 3.46. The molecule has 1 saturated heterocycles. The molecule has 4 nitrogen and oxygen atoms in total. The van der Waals surface area contributed by atoms with Gasteiger partial charge in [0.2, 0.25) is 0 Å². The third kappa shape index (κ3) is 1.82. The Morgan fingerprint density at radius 1 is 1.28 bits per heavy atom. The van der Waals surface area contributed by atoms with Gasteiger partial charge in [-0.25, -0.2) is 4.79 Å². The predicted octanol–water partition coefficient (Wildman–Crippen LogP) is 2.03. The van der Waals surface area contributed by atoms with Gasteiger partial charge >= 0.3 is 5.69 Å². The molecule has 0 atom stereocenters. The number of rotatable bonds is 1. The number of halogens is 1. The summed E-state index contributed by atoms with van der Waals surface area (Å²) in [5, 5.41) is 3.34. The molecular formula is C13H16BrN3O. The van der Waals surface area contributed by atoms with Crippen molar-refractivity contribution in [2.75, 3.05) is 13.1 Å². The second kappa shape index (κ2) is 4.55. The number of aromatic nitrogens is 2. The molecule has 0 radical (unpaired) electrons. The summed E-state index contributed by atoms with van der Waals surface area (Å²) in [6, 6.07) is 6.36. The van der Waals surface area contributed by atoms with Crippen LogP contribution in [-0.4, -0.2) is 22.2 Å². The molecule has 0 spiro atoms. The van der Waals surface area contributed by atoms with Gasteiger partial charge in [-0.05, 0) is 44.1 Å².